The van der Waals surface area contributed by atoms with Crippen molar-refractivity contribution in [1.29, 1.82) is 0 Å². The van der Waals surface area contributed by atoms with Gasteiger partial charge in [0.15, 0.2) is 6.29 Å². The summed E-state index contributed by atoms with van der Waals surface area (Å²) in [6.45, 7) is 8.22. The Morgan fingerprint density at radius 2 is 1.84 bits per heavy atom. The van der Waals surface area contributed by atoms with Gasteiger partial charge in [-0.15, -0.1) is 0 Å². The smallest absolute Gasteiger partial charge is 0.160 e. The van der Waals surface area contributed by atoms with Crippen LogP contribution in [0.4, 0.5) is 0 Å². The monoisotopic (exact) mass is 342 g/mol. The van der Waals surface area contributed by atoms with Crippen molar-refractivity contribution in [3.8, 4) is 5.75 Å². The molecule has 2 unspecified atom stereocenters. The fraction of sp³-hybridized carbons (Fsp3) is 0.545. The fourth-order valence-corrected chi connectivity index (χ4v) is 3.88. The molecule has 2 aromatic rings. The molecule has 0 spiro atoms. The number of hydrogen-bond donors (Lipinski definition) is 0. The van der Waals surface area contributed by atoms with Crippen LogP contribution in [0.25, 0.3) is 10.8 Å². The molecule has 0 N–H and O–H groups in total. The van der Waals surface area contributed by atoms with Crippen LogP contribution in [0.1, 0.15) is 45.1 Å². The summed E-state index contributed by atoms with van der Waals surface area (Å²) in [6, 6.07) is 12.7. The quantitative estimate of drug-likeness (QED) is 0.705. The highest BCUT2D eigenvalue weighted by Crippen LogP contribution is 2.34. The molecule has 2 aromatic carbocycles. The van der Waals surface area contributed by atoms with Gasteiger partial charge in [0.2, 0.25) is 0 Å². The molecular formula is C22H30O3. The van der Waals surface area contributed by atoms with Crippen LogP contribution in [0, 0.1) is 11.8 Å². The van der Waals surface area contributed by atoms with Gasteiger partial charge in [-0.1, -0.05) is 51.5 Å². The second-order valence-electron chi connectivity index (χ2n) is 7.12. The van der Waals surface area contributed by atoms with Crippen LogP contribution in [0.15, 0.2) is 36.4 Å². The van der Waals surface area contributed by atoms with Crippen LogP contribution in [-0.4, -0.2) is 26.6 Å². The zero-order valence-electron chi connectivity index (χ0n) is 15.8. The lowest BCUT2D eigenvalue weighted by molar-refractivity contribution is -0.220. The third-order valence-corrected chi connectivity index (χ3v) is 5.68. The molecule has 1 aliphatic heterocycles. The van der Waals surface area contributed by atoms with Gasteiger partial charge < -0.3 is 14.2 Å². The Morgan fingerprint density at radius 3 is 2.48 bits per heavy atom. The molecule has 0 radical (unpaired) electrons. The van der Waals surface area contributed by atoms with Crippen molar-refractivity contribution < 1.29 is 14.2 Å². The maximum atomic E-state index is 6.17. The van der Waals surface area contributed by atoms with Crippen LogP contribution in [-0.2, 0) is 9.47 Å². The number of rotatable bonds is 6. The first kappa shape index (κ1) is 18.2. The minimum atomic E-state index is -0.0636. The maximum Gasteiger partial charge on any atom is 0.160 e. The Labute approximate surface area is 151 Å². The molecule has 0 amide bonds. The molecule has 0 aliphatic carbocycles. The third kappa shape index (κ3) is 3.83. The maximum absolute atomic E-state index is 6.17. The van der Waals surface area contributed by atoms with Gasteiger partial charge in [-0.25, -0.2) is 0 Å². The van der Waals surface area contributed by atoms with E-state index >= 15 is 0 Å². The van der Waals surface area contributed by atoms with Gasteiger partial charge in [0.1, 0.15) is 5.75 Å². The number of ether oxygens (including phenoxy) is 3. The summed E-state index contributed by atoms with van der Waals surface area (Å²) in [7, 11) is 1.70. The summed E-state index contributed by atoms with van der Waals surface area (Å²) in [5, 5.41) is 2.46. The minimum absolute atomic E-state index is 0.0636. The van der Waals surface area contributed by atoms with Crippen molar-refractivity contribution in [3.05, 3.63) is 42.0 Å². The van der Waals surface area contributed by atoms with Crippen molar-refractivity contribution >= 4 is 10.8 Å². The van der Waals surface area contributed by atoms with E-state index in [1.807, 2.05) is 6.07 Å². The topological polar surface area (TPSA) is 27.7 Å². The molecule has 1 heterocycles. The fourth-order valence-electron chi connectivity index (χ4n) is 3.88. The van der Waals surface area contributed by atoms with Crippen molar-refractivity contribution in [2.24, 2.45) is 11.8 Å². The van der Waals surface area contributed by atoms with Gasteiger partial charge in [-0.3, -0.25) is 0 Å². The van der Waals surface area contributed by atoms with Gasteiger partial charge in [0.25, 0.3) is 0 Å². The SMILES string of the molecule is CCC(C)C(CC)C1OCC(c2cccc3cc(OC)ccc23)CO1. The van der Waals surface area contributed by atoms with E-state index in [0.717, 1.165) is 31.8 Å². The normalized spacial score (nSPS) is 23.4. The predicted molar refractivity (Wildman–Crippen MR) is 102 cm³/mol. The minimum Gasteiger partial charge on any atom is -0.497 e. The number of methoxy groups -OCH3 is 1. The van der Waals surface area contributed by atoms with E-state index in [0.29, 0.717) is 11.8 Å². The van der Waals surface area contributed by atoms with Gasteiger partial charge in [-0.05, 0) is 40.8 Å². The molecule has 1 saturated heterocycles. The zero-order valence-corrected chi connectivity index (χ0v) is 15.8. The zero-order chi connectivity index (χ0) is 17.8. The molecule has 1 fully saturated rings. The molecule has 3 rings (SSSR count). The highest BCUT2D eigenvalue weighted by atomic mass is 16.7. The third-order valence-electron chi connectivity index (χ3n) is 5.68. The van der Waals surface area contributed by atoms with Gasteiger partial charge >= 0.3 is 0 Å². The van der Waals surface area contributed by atoms with Gasteiger partial charge in [0.05, 0.1) is 20.3 Å². The first-order chi connectivity index (χ1) is 12.2. The van der Waals surface area contributed by atoms with Crippen LogP contribution in [0.3, 0.4) is 0 Å². The highest BCUT2D eigenvalue weighted by Gasteiger charge is 2.31. The Hall–Kier alpha value is -1.58. The largest absolute Gasteiger partial charge is 0.497 e. The lowest BCUT2D eigenvalue weighted by Crippen LogP contribution is -2.38. The molecule has 136 valence electrons. The first-order valence-corrected chi connectivity index (χ1v) is 9.47. The van der Waals surface area contributed by atoms with Crippen LogP contribution >= 0.6 is 0 Å². The highest BCUT2D eigenvalue weighted by molar-refractivity contribution is 5.87. The molecule has 2 atom stereocenters. The summed E-state index contributed by atoms with van der Waals surface area (Å²) in [6.07, 6.45) is 2.20. The molecule has 25 heavy (non-hydrogen) atoms. The van der Waals surface area contributed by atoms with Crippen molar-refractivity contribution in [2.45, 2.75) is 45.8 Å². The summed E-state index contributed by atoms with van der Waals surface area (Å²) in [5.74, 6) is 2.27. The molecule has 0 aromatic heterocycles. The van der Waals surface area contributed by atoms with Crippen molar-refractivity contribution in [2.75, 3.05) is 20.3 Å². The summed E-state index contributed by atoms with van der Waals surface area (Å²) in [5.41, 5.74) is 1.30. The van der Waals surface area contributed by atoms with Gasteiger partial charge in [-0.2, -0.15) is 0 Å². The summed E-state index contributed by atoms with van der Waals surface area (Å²) >= 11 is 0. The Morgan fingerprint density at radius 1 is 1.08 bits per heavy atom. The van der Waals surface area contributed by atoms with E-state index < -0.39 is 0 Å². The second kappa shape index (κ2) is 8.20. The Bertz CT molecular complexity index is 689. The van der Waals surface area contributed by atoms with E-state index in [-0.39, 0.29) is 12.2 Å². The average molecular weight is 342 g/mol. The summed E-state index contributed by atoms with van der Waals surface area (Å²) < 4.78 is 17.7. The molecular weight excluding hydrogens is 312 g/mol. The lowest BCUT2D eigenvalue weighted by Gasteiger charge is -2.36. The Balaban J connectivity index is 1.76. The van der Waals surface area contributed by atoms with Gasteiger partial charge in [0, 0.05) is 11.8 Å². The van der Waals surface area contributed by atoms with E-state index in [1.165, 1.54) is 16.3 Å². The predicted octanol–water partition coefficient (Wildman–Crippen LogP) is 5.38. The molecule has 3 heteroatoms. The number of hydrogen-bond acceptors (Lipinski definition) is 3. The second-order valence-corrected chi connectivity index (χ2v) is 7.12. The van der Waals surface area contributed by atoms with E-state index in [9.17, 15) is 0 Å². The molecule has 0 saturated carbocycles. The Kier molecular flexibility index (Phi) is 5.98. The van der Waals surface area contributed by atoms with Crippen molar-refractivity contribution in [1.82, 2.24) is 0 Å². The standard InChI is InChI=1S/C22H30O3/c1-5-15(3)19(6-2)22-24-13-17(14-25-22)20-9-7-8-16-12-18(23-4)10-11-21(16)20/h7-12,15,17,19,22H,5-6,13-14H2,1-4H3. The number of benzene rings is 2. The van der Waals surface area contributed by atoms with E-state index in [1.54, 1.807) is 7.11 Å². The van der Waals surface area contributed by atoms with E-state index in [2.05, 4.69) is 51.1 Å². The van der Waals surface area contributed by atoms with Crippen LogP contribution in [0.2, 0.25) is 0 Å². The molecule has 3 nitrogen and oxygen atoms in total. The van der Waals surface area contributed by atoms with Crippen LogP contribution < -0.4 is 4.74 Å². The first-order valence-electron chi connectivity index (χ1n) is 9.47. The van der Waals surface area contributed by atoms with Crippen molar-refractivity contribution in [3.63, 3.8) is 0 Å². The number of fused-ring (bicyclic) bond motifs is 1. The lowest BCUT2D eigenvalue weighted by atomic mass is 9.88. The van der Waals surface area contributed by atoms with Crippen LogP contribution in [0.5, 0.6) is 5.75 Å². The average Bonchev–Trinajstić information content (AvgIpc) is 2.68. The van der Waals surface area contributed by atoms with E-state index in [4.69, 9.17) is 14.2 Å². The molecule has 0 bridgehead atoms. The molecule has 1 aliphatic rings. The summed E-state index contributed by atoms with van der Waals surface area (Å²) in [4.78, 5) is 0.